The lowest BCUT2D eigenvalue weighted by Gasteiger charge is -2.16. The lowest BCUT2D eigenvalue weighted by atomic mass is 10.3. The van der Waals surface area contributed by atoms with Crippen molar-refractivity contribution in [3.05, 3.63) is 48.5 Å². The summed E-state index contributed by atoms with van der Waals surface area (Å²) in [6.45, 7) is 1.06. The van der Waals surface area contributed by atoms with E-state index in [1.165, 1.54) is 40.3 Å². The normalized spacial score (nSPS) is 15.9. The van der Waals surface area contributed by atoms with Crippen molar-refractivity contribution in [3.63, 3.8) is 0 Å². The first kappa shape index (κ1) is 19.2. The molecule has 9 heteroatoms. The van der Waals surface area contributed by atoms with Gasteiger partial charge in [0, 0.05) is 23.7 Å². The van der Waals surface area contributed by atoms with E-state index < -0.39 is 20.0 Å². The van der Waals surface area contributed by atoms with Crippen LogP contribution in [-0.4, -0.2) is 40.5 Å². The van der Waals surface area contributed by atoms with Gasteiger partial charge in [0.15, 0.2) is 0 Å². The fourth-order valence-electron chi connectivity index (χ4n) is 2.74. The summed E-state index contributed by atoms with van der Waals surface area (Å²) in [4.78, 5) is 1.30. The molecule has 140 valence electrons. The number of hydrogen-bond acceptors (Lipinski definition) is 5. The highest BCUT2D eigenvalue weighted by Gasteiger charge is 2.27. The number of sulfonamides is 2. The molecule has 6 nitrogen and oxygen atoms in total. The third-order valence-electron chi connectivity index (χ3n) is 4.18. The van der Waals surface area contributed by atoms with E-state index in [0.717, 1.165) is 17.7 Å². The van der Waals surface area contributed by atoms with Crippen molar-refractivity contribution in [2.75, 3.05) is 24.1 Å². The topological polar surface area (TPSA) is 83.5 Å². The second-order valence-electron chi connectivity index (χ2n) is 5.92. The Labute approximate surface area is 158 Å². The van der Waals surface area contributed by atoms with Crippen molar-refractivity contribution < 1.29 is 16.8 Å². The highest BCUT2D eigenvalue weighted by Crippen LogP contribution is 2.24. The highest BCUT2D eigenvalue weighted by atomic mass is 32.2. The summed E-state index contributed by atoms with van der Waals surface area (Å²) < 4.78 is 53.8. The minimum Gasteiger partial charge on any atom is -0.280 e. The van der Waals surface area contributed by atoms with Gasteiger partial charge in [-0.1, -0.05) is 0 Å². The number of thioether (sulfide) groups is 1. The lowest BCUT2D eigenvalue weighted by Crippen LogP contribution is -2.27. The second-order valence-corrected chi connectivity index (χ2v) is 10.4. The molecule has 1 fully saturated rings. The van der Waals surface area contributed by atoms with Crippen LogP contribution in [-0.2, 0) is 20.0 Å². The number of benzene rings is 2. The Bertz CT molecular complexity index is 964. The molecule has 2 aromatic carbocycles. The fourth-order valence-corrected chi connectivity index (χ4v) is 5.73. The van der Waals surface area contributed by atoms with Gasteiger partial charge in [-0.15, -0.1) is 11.8 Å². The third-order valence-corrected chi connectivity index (χ3v) is 8.23. The Morgan fingerprint density at radius 2 is 1.38 bits per heavy atom. The van der Waals surface area contributed by atoms with E-state index in [2.05, 4.69) is 4.72 Å². The molecule has 0 amide bonds. The van der Waals surface area contributed by atoms with Gasteiger partial charge in [0.25, 0.3) is 10.0 Å². The average molecular weight is 413 g/mol. The van der Waals surface area contributed by atoms with Crippen LogP contribution < -0.4 is 4.72 Å². The van der Waals surface area contributed by atoms with Crippen molar-refractivity contribution in [1.29, 1.82) is 0 Å². The van der Waals surface area contributed by atoms with Crippen LogP contribution in [0.2, 0.25) is 0 Å². The van der Waals surface area contributed by atoms with Crippen molar-refractivity contribution in [1.82, 2.24) is 4.31 Å². The predicted octanol–water partition coefficient (Wildman–Crippen LogP) is 2.99. The average Bonchev–Trinajstić information content (AvgIpc) is 3.17. The van der Waals surface area contributed by atoms with Crippen molar-refractivity contribution in [2.45, 2.75) is 27.5 Å². The molecule has 26 heavy (non-hydrogen) atoms. The lowest BCUT2D eigenvalue weighted by molar-refractivity contribution is 0.477. The zero-order valence-corrected chi connectivity index (χ0v) is 16.7. The van der Waals surface area contributed by atoms with Gasteiger partial charge in [0.1, 0.15) is 0 Å². The minimum atomic E-state index is -3.72. The third kappa shape index (κ3) is 4.06. The van der Waals surface area contributed by atoms with E-state index in [4.69, 9.17) is 0 Å². The standard InChI is InChI=1S/C17H20N2O4S3/c1-24-15-6-10-16(11-7-15)25(20,21)18-14-4-8-17(9-5-14)26(22,23)19-12-2-3-13-19/h4-11,18H,2-3,12-13H2,1H3. The Morgan fingerprint density at radius 1 is 0.846 bits per heavy atom. The van der Waals surface area contributed by atoms with E-state index in [1.54, 1.807) is 24.3 Å². The van der Waals surface area contributed by atoms with Gasteiger partial charge in [-0.05, 0) is 67.6 Å². The predicted molar refractivity (Wildman–Crippen MR) is 103 cm³/mol. The molecule has 1 heterocycles. The summed E-state index contributed by atoms with van der Waals surface area (Å²) in [5, 5.41) is 0. The van der Waals surface area contributed by atoms with Crippen LogP contribution in [0.15, 0.2) is 63.2 Å². The van der Waals surface area contributed by atoms with Gasteiger partial charge in [0.2, 0.25) is 10.0 Å². The van der Waals surface area contributed by atoms with Crippen LogP contribution in [0.3, 0.4) is 0 Å². The quantitative estimate of drug-likeness (QED) is 0.738. The number of rotatable bonds is 6. The summed E-state index contributed by atoms with van der Waals surface area (Å²) in [6.07, 6.45) is 3.65. The number of nitrogens with zero attached hydrogens (tertiary/aromatic N) is 1. The Kier molecular flexibility index (Phi) is 5.61. The maximum Gasteiger partial charge on any atom is 0.261 e. The van der Waals surface area contributed by atoms with Crippen LogP contribution >= 0.6 is 11.8 Å². The monoisotopic (exact) mass is 412 g/mol. The molecule has 1 aliphatic heterocycles. The summed E-state index contributed by atoms with van der Waals surface area (Å²) in [5.74, 6) is 0. The van der Waals surface area contributed by atoms with Crippen LogP contribution in [0.25, 0.3) is 0 Å². The van der Waals surface area contributed by atoms with Crippen molar-refractivity contribution in [2.24, 2.45) is 0 Å². The summed E-state index contributed by atoms with van der Waals surface area (Å²) in [6, 6.07) is 12.4. The SMILES string of the molecule is CSc1ccc(S(=O)(=O)Nc2ccc(S(=O)(=O)N3CCCC3)cc2)cc1. The number of anilines is 1. The van der Waals surface area contributed by atoms with Gasteiger partial charge >= 0.3 is 0 Å². The van der Waals surface area contributed by atoms with Gasteiger partial charge in [-0.2, -0.15) is 4.31 Å². The Morgan fingerprint density at radius 3 is 1.92 bits per heavy atom. The molecule has 1 N–H and O–H groups in total. The van der Waals surface area contributed by atoms with Crippen LogP contribution in [0.1, 0.15) is 12.8 Å². The van der Waals surface area contributed by atoms with Crippen LogP contribution in [0.5, 0.6) is 0 Å². The van der Waals surface area contributed by atoms with E-state index in [-0.39, 0.29) is 9.79 Å². The summed E-state index contributed by atoms with van der Waals surface area (Å²) in [7, 11) is -7.23. The minimum absolute atomic E-state index is 0.157. The molecule has 2 aromatic rings. The van der Waals surface area contributed by atoms with Crippen molar-refractivity contribution in [3.8, 4) is 0 Å². The van der Waals surface area contributed by atoms with E-state index >= 15 is 0 Å². The molecule has 0 bridgehead atoms. The maximum absolute atomic E-state index is 12.5. The first-order valence-electron chi connectivity index (χ1n) is 8.10. The zero-order chi connectivity index (χ0) is 18.8. The molecule has 1 saturated heterocycles. The molecular formula is C17H20N2O4S3. The van der Waals surface area contributed by atoms with E-state index in [1.807, 2.05) is 6.26 Å². The Hall–Kier alpha value is -1.55. The molecule has 0 unspecified atom stereocenters. The molecule has 3 rings (SSSR count). The second kappa shape index (κ2) is 7.59. The molecule has 0 aromatic heterocycles. The molecule has 1 aliphatic rings. The highest BCUT2D eigenvalue weighted by molar-refractivity contribution is 7.98. The van der Waals surface area contributed by atoms with E-state index in [0.29, 0.717) is 18.8 Å². The number of nitrogens with one attached hydrogen (secondary N) is 1. The van der Waals surface area contributed by atoms with Crippen LogP contribution in [0.4, 0.5) is 5.69 Å². The van der Waals surface area contributed by atoms with Gasteiger partial charge in [0.05, 0.1) is 9.79 Å². The van der Waals surface area contributed by atoms with Crippen molar-refractivity contribution >= 4 is 37.5 Å². The smallest absolute Gasteiger partial charge is 0.261 e. The van der Waals surface area contributed by atoms with Gasteiger partial charge < -0.3 is 0 Å². The zero-order valence-electron chi connectivity index (χ0n) is 14.3. The summed E-state index contributed by atoms with van der Waals surface area (Å²) in [5.41, 5.74) is 0.319. The first-order chi connectivity index (χ1) is 12.3. The Balaban J connectivity index is 1.78. The molecule has 0 saturated carbocycles. The molecule has 0 spiro atoms. The molecular weight excluding hydrogens is 392 g/mol. The maximum atomic E-state index is 12.5. The van der Waals surface area contributed by atoms with Gasteiger partial charge in [-0.3, -0.25) is 4.72 Å². The summed E-state index contributed by atoms with van der Waals surface area (Å²) >= 11 is 1.53. The van der Waals surface area contributed by atoms with E-state index in [9.17, 15) is 16.8 Å². The first-order valence-corrected chi connectivity index (χ1v) is 12.2. The molecule has 0 radical (unpaired) electrons. The molecule has 0 aliphatic carbocycles. The largest absolute Gasteiger partial charge is 0.280 e. The van der Waals surface area contributed by atoms with Gasteiger partial charge in [-0.25, -0.2) is 16.8 Å². The van der Waals surface area contributed by atoms with Crippen LogP contribution in [0, 0.1) is 0 Å². The molecule has 0 atom stereocenters. The fraction of sp³-hybridized carbons (Fsp3) is 0.294. The number of hydrogen-bond donors (Lipinski definition) is 1.